The third-order valence-electron chi connectivity index (χ3n) is 3.66. The first-order chi connectivity index (χ1) is 9.47. The van der Waals surface area contributed by atoms with E-state index in [9.17, 15) is 14.7 Å². The molecule has 1 aliphatic heterocycles. The predicted molar refractivity (Wildman–Crippen MR) is 76.7 cm³/mol. The summed E-state index contributed by atoms with van der Waals surface area (Å²) < 4.78 is 0. The molecule has 1 heterocycles. The van der Waals surface area contributed by atoms with Gasteiger partial charge < -0.3 is 10.4 Å². The summed E-state index contributed by atoms with van der Waals surface area (Å²) in [5.74, 6) is -0.156. The van der Waals surface area contributed by atoms with Crippen LogP contribution in [-0.2, 0) is 4.79 Å². The van der Waals surface area contributed by atoms with Crippen molar-refractivity contribution >= 4 is 17.4 Å². The Kier molecular flexibility index (Phi) is 4.52. The molecule has 0 aliphatic carbocycles. The summed E-state index contributed by atoms with van der Waals surface area (Å²) in [4.78, 5) is 25.4. The third kappa shape index (κ3) is 3.43. The summed E-state index contributed by atoms with van der Waals surface area (Å²) in [5, 5.41) is 12.3. The average Bonchev–Trinajstić information content (AvgIpc) is 2.84. The molecule has 20 heavy (non-hydrogen) atoms. The molecular formula is C15H20N2O3. The van der Waals surface area contributed by atoms with Gasteiger partial charge in [0.25, 0.3) is 0 Å². The summed E-state index contributed by atoms with van der Waals surface area (Å²) in [5.41, 5.74) is 1.20. The van der Waals surface area contributed by atoms with E-state index in [0.717, 1.165) is 6.54 Å². The highest BCUT2D eigenvalue weighted by molar-refractivity contribution is 5.98. The Hall–Kier alpha value is -1.72. The van der Waals surface area contributed by atoms with Crippen molar-refractivity contribution in [3.63, 3.8) is 0 Å². The number of anilines is 1. The Morgan fingerprint density at radius 2 is 2.20 bits per heavy atom. The summed E-state index contributed by atoms with van der Waals surface area (Å²) in [6.07, 6.45) is 0.364. The maximum absolute atomic E-state index is 12.2. The number of nitrogens with one attached hydrogen (secondary N) is 1. The number of hydrogen-bond acceptors (Lipinski definition) is 4. The molecule has 2 unspecified atom stereocenters. The van der Waals surface area contributed by atoms with Gasteiger partial charge in [-0.3, -0.25) is 14.5 Å². The smallest absolute Gasteiger partial charge is 0.241 e. The van der Waals surface area contributed by atoms with Crippen LogP contribution < -0.4 is 5.32 Å². The molecule has 0 aromatic heterocycles. The highest BCUT2D eigenvalue weighted by Crippen LogP contribution is 2.15. The van der Waals surface area contributed by atoms with Crippen LogP contribution in [0.4, 0.5) is 5.69 Å². The molecule has 0 saturated carbocycles. The fraction of sp³-hybridized carbons (Fsp3) is 0.467. The SMILES string of the molecule is CC(=O)c1cccc(NC(=O)C(C)N2CCC(O)C2)c1. The summed E-state index contributed by atoms with van der Waals surface area (Å²) in [6, 6.07) is 6.60. The second kappa shape index (κ2) is 6.15. The van der Waals surface area contributed by atoms with Crippen LogP contribution in [0.5, 0.6) is 0 Å². The number of ketones is 1. The molecule has 1 aliphatic rings. The van der Waals surface area contributed by atoms with Crippen molar-refractivity contribution in [2.24, 2.45) is 0 Å². The average molecular weight is 276 g/mol. The van der Waals surface area contributed by atoms with E-state index in [2.05, 4.69) is 5.32 Å². The van der Waals surface area contributed by atoms with Gasteiger partial charge in [0, 0.05) is 24.3 Å². The lowest BCUT2D eigenvalue weighted by Gasteiger charge is -2.22. The van der Waals surface area contributed by atoms with Crippen molar-refractivity contribution in [3.8, 4) is 0 Å². The molecule has 1 saturated heterocycles. The van der Waals surface area contributed by atoms with E-state index in [1.807, 2.05) is 11.8 Å². The first-order valence-electron chi connectivity index (χ1n) is 6.81. The molecule has 1 aromatic rings. The van der Waals surface area contributed by atoms with Gasteiger partial charge in [0.05, 0.1) is 12.1 Å². The van der Waals surface area contributed by atoms with E-state index in [1.54, 1.807) is 24.3 Å². The second-order valence-corrected chi connectivity index (χ2v) is 5.24. The molecule has 5 heteroatoms. The number of rotatable bonds is 4. The maximum Gasteiger partial charge on any atom is 0.241 e. The Balaban J connectivity index is 2.00. The van der Waals surface area contributed by atoms with Gasteiger partial charge in [-0.25, -0.2) is 0 Å². The number of hydrogen-bond donors (Lipinski definition) is 2. The van der Waals surface area contributed by atoms with Crippen molar-refractivity contribution in [2.75, 3.05) is 18.4 Å². The van der Waals surface area contributed by atoms with E-state index in [1.165, 1.54) is 6.92 Å². The van der Waals surface area contributed by atoms with Crippen LogP contribution in [0, 0.1) is 0 Å². The highest BCUT2D eigenvalue weighted by atomic mass is 16.3. The summed E-state index contributed by atoms with van der Waals surface area (Å²) >= 11 is 0. The molecule has 1 amide bonds. The zero-order chi connectivity index (χ0) is 14.7. The maximum atomic E-state index is 12.2. The minimum Gasteiger partial charge on any atom is -0.392 e. The minimum absolute atomic E-state index is 0.0307. The molecule has 5 nitrogen and oxygen atoms in total. The second-order valence-electron chi connectivity index (χ2n) is 5.24. The van der Waals surface area contributed by atoms with Crippen molar-refractivity contribution < 1.29 is 14.7 Å². The number of aliphatic hydroxyl groups excluding tert-OH is 1. The molecule has 1 aromatic carbocycles. The Morgan fingerprint density at radius 3 is 2.80 bits per heavy atom. The van der Waals surface area contributed by atoms with Crippen molar-refractivity contribution in [1.29, 1.82) is 0 Å². The molecule has 0 radical (unpaired) electrons. The minimum atomic E-state index is -0.341. The largest absolute Gasteiger partial charge is 0.392 e. The van der Waals surface area contributed by atoms with Gasteiger partial charge in [0.1, 0.15) is 0 Å². The van der Waals surface area contributed by atoms with Crippen molar-refractivity contribution in [2.45, 2.75) is 32.4 Å². The molecule has 108 valence electrons. The predicted octanol–water partition coefficient (Wildman–Crippen LogP) is 1.28. The van der Waals surface area contributed by atoms with Gasteiger partial charge in [-0.1, -0.05) is 12.1 Å². The van der Waals surface area contributed by atoms with Gasteiger partial charge in [-0.05, 0) is 32.4 Å². The van der Waals surface area contributed by atoms with Crippen LogP contribution in [0.25, 0.3) is 0 Å². The lowest BCUT2D eigenvalue weighted by molar-refractivity contribution is -0.120. The van der Waals surface area contributed by atoms with Crippen LogP contribution in [0.3, 0.4) is 0 Å². The van der Waals surface area contributed by atoms with Crippen LogP contribution in [0.2, 0.25) is 0 Å². The molecule has 2 rings (SSSR count). The molecule has 2 N–H and O–H groups in total. The molecule has 0 bridgehead atoms. The van der Waals surface area contributed by atoms with E-state index >= 15 is 0 Å². The fourth-order valence-electron chi connectivity index (χ4n) is 2.35. The number of β-amino-alcohol motifs (C(OH)–C–C–N with tert-alkyl or cyclic N) is 1. The Bertz CT molecular complexity index is 516. The Labute approximate surface area is 118 Å². The number of benzene rings is 1. The van der Waals surface area contributed by atoms with Gasteiger partial charge in [-0.2, -0.15) is 0 Å². The number of amides is 1. The van der Waals surface area contributed by atoms with Crippen LogP contribution in [-0.4, -0.2) is 46.9 Å². The van der Waals surface area contributed by atoms with Gasteiger partial charge in [0.15, 0.2) is 5.78 Å². The molecule has 1 fully saturated rings. The van der Waals surface area contributed by atoms with Crippen LogP contribution in [0.1, 0.15) is 30.6 Å². The van der Waals surface area contributed by atoms with Gasteiger partial charge >= 0.3 is 0 Å². The first kappa shape index (κ1) is 14.7. The number of nitrogens with zero attached hydrogens (tertiary/aromatic N) is 1. The van der Waals surface area contributed by atoms with E-state index < -0.39 is 0 Å². The quantitative estimate of drug-likeness (QED) is 0.813. The summed E-state index contributed by atoms with van der Waals surface area (Å²) in [6.45, 7) is 4.57. The van der Waals surface area contributed by atoms with E-state index in [4.69, 9.17) is 0 Å². The molecule has 0 spiro atoms. The van der Waals surface area contributed by atoms with Gasteiger partial charge in [0.2, 0.25) is 5.91 Å². The number of Topliss-reactive ketones (excluding diaryl/α,β-unsaturated/α-hetero) is 1. The summed E-state index contributed by atoms with van der Waals surface area (Å²) in [7, 11) is 0. The molecule has 2 atom stereocenters. The van der Waals surface area contributed by atoms with E-state index in [-0.39, 0.29) is 23.8 Å². The zero-order valence-electron chi connectivity index (χ0n) is 11.8. The molecular weight excluding hydrogens is 256 g/mol. The number of aliphatic hydroxyl groups is 1. The first-order valence-corrected chi connectivity index (χ1v) is 6.81. The number of carbonyl (C=O) groups excluding carboxylic acids is 2. The Morgan fingerprint density at radius 1 is 1.45 bits per heavy atom. The lowest BCUT2D eigenvalue weighted by Crippen LogP contribution is -2.41. The van der Waals surface area contributed by atoms with Crippen LogP contribution in [0.15, 0.2) is 24.3 Å². The standard InChI is InChI=1S/C15H20N2O3/c1-10(17-7-6-14(19)9-17)15(20)16-13-5-3-4-12(8-13)11(2)18/h3-5,8,10,14,19H,6-7,9H2,1-2H3,(H,16,20). The van der Waals surface area contributed by atoms with Crippen molar-refractivity contribution in [1.82, 2.24) is 4.90 Å². The monoisotopic (exact) mass is 276 g/mol. The van der Waals surface area contributed by atoms with Gasteiger partial charge in [-0.15, -0.1) is 0 Å². The fourth-order valence-corrected chi connectivity index (χ4v) is 2.35. The number of carbonyl (C=O) groups is 2. The normalized spacial score (nSPS) is 20.6. The van der Waals surface area contributed by atoms with Crippen molar-refractivity contribution in [3.05, 3.63) is 29.8 Å². The number of likely N-dealkylation sites (tertiary alicyclic amines) is 1. The highest BCUT2D eigenvalue weighted by Gasteiger charge is 2.28. The van der Waals surface area contributed by atoms with Crippen LogP contribution >= 0.6 is 0 Å². The third-order valence-corrected chi connectivity index (χ3v) is 3.66. The zero-order valence-corrected chi connectivity index (χ0v) is 11.8. The lowest BCUT2D eigenvalue weighted by atomic mass is 10.1. The topological polar surface area (TPSA) is 69.6 Å². The van der Waals surface area contributed by atoms with E-state index in [0.29, 0.717) is 24.2 Å².